The second-order valence-electron chi connectivity index (χ2n) is 3.52. The van der Waals surface area contributed by atoms with Crippen molar-refractivity contribution in [3.63, 3.8) is 0 Å². The molecule has 0 N–H and O–H groups in total. The third-order valence-corrected chi connectivity index (χ3v) is 3.86. The molecule has 2 heterocycles. The van der Waals surface area contributed by atoms with Crippen molar-refractivity contribution < 1.29 is 4.21 Å². The summed E-state index contributed by atoms with van der Waals surface area (Å²) in [6.45, 7) is 3.82. The van der Waals surface area contributed by atoms with E-state index in [2.05, 4.69) is 4.98 Å². The number of aryl methyl sites for hydroxylation is 1. The van der Waals surface area contributed by atoms with Crippen molar-refractivity contribution in [2.75, 3.05) is 13.1 Å². The maximum absolute atomic E-state index is 12.0. The predicted octanol–water partition coefficient (Wildman–Crippen LogP) is 1.51. The smallest absolute Gasteiger partial charge is 0.129 e. The van der Waals surface area contributed by atoms with Gasteiger partial charge in [-0.15, -0.1) is 0 Å². The van der Waals surface area contributed by atoms with Gasteiger partial charge in [-0.1, -0.05) is 0 Å². The molecule has 1 aliphatic rings. The van der Waals surface area contributed by atoms with Crippen LogP contribution >= 0.6 is 0 Å². The largest absolute Gasteiger partial charge is 0.260 e. The quantitative estimate of drug-likeness (QED) is 0.741. The van der Waals surface area contributed by atoms with E-state index < -0.39 is 11.0 Å². The van der Waals surface area contributed by atoms with Crippen molar-refractivity contribution in [1.29, 1.82) is 0 Å². The van der Waals surface area contributed by atoms with E-state index in [0.717, 1.165) is 36.5 Å². The van der Waals surface area contributed by atoms with E-state index in [-0.39, 0.29) is 0 Å². The fourth-order valence-corrected chi connectivity index (χ4v) is 2.78. The molecule has 1 atom stereocenters. The third kappa shape index (κ3) is 2.01. The van der Waals surface area contributed by atoms with E-state index >= 15 is 0 Å². The molecule has 0 saturated carbocycles. The maximum Gasteiger partial charge on any atom is 0.129 e. The summed E-state index contributed by atoms with van der Waals surface area (Å²) in [5, 5.41) is 0. The van der Waals surface area contributed by atoms with Crippen molar-refractivity contribution in [2.45, 2.75) is 24.7 Å². The highest BCUT2D eigenvalue weighted by Crippen LogP contribution is 2.16. The molecule has 0 aliphatic carbocycles. The van der Waals surface area contributed by atoms with Crippen LogP contribution in [-0.2, 0) is 11.0 Å². The van der Waals surface area contributed by atoms with Gasteiger partial charge in [0.25, 0.3) is 0 Å². The average Bonchev–Trinajstić information content (AvgIpc) is 2.71. The second kappa shape index (κ2) is 4.19. The van der Waals surface area contributed by atoms with Crippen molar-refractivity contribution in [3.05, 3.63) is 24.0 Å². The first-order valence-electron chi connectivity index (χ1n) is 4.87. The highest BCUT2D eigenvalue weighted by atomic mass is 32.2. The molecule has 2 rings (SSSR count). The molecule has 1 aliphatic heterocycles. The number of aromatic nitrogens is 1. The highest BCUT2D eigenvalue weighted by Gasteiger charge is 2.19. The Bertz CT molecular complexity index is 330. The van der Waals surface area contributed by atoms with Gasteiger partial charge in [-0.3, -0.25) is 4.98 Å². The van der Waals surface area contributed by atoms with Crippen molar-refractivity contribution in [2.24, 2.45) is 0 Å². The summed E-state index contributed by atoms with van der Waals surface area (Å²) in [6, 6.07) is 3.81. The third-order valence-electron chi connectivity index (χ3n) is 2.39. The monoisotopic (exact) mass is 210 g/mol. The normalized spacial score (nSPS) is 19.8. The second-order valence-corrected chi connectivity index (χ2v) is 5.01. The fourth-order valence-electron chi connectivity index (χ4n) is 1.56. The summed E-state index contributed by atoms with van der Waals surface area (Å²) in [5.41, 5.74) is 0.965. The maximum atomic E-state index is 12.0. The van der Waals surface area contributed by atoms with Crippen LogP contribution in [0.2, 0.25) is 0 Å². The van der Waals surface area contributed by atoms with Crippen LogP contribution in [0.5, 0.6) is 0 Å². The summed E-state index contributed by atoms with van der Waals surface area (Å²) in [5.74, 6) is 0. The lowest BCUT2D eigenvalue weighted by Crippen LogP contribution is -2.22. The molecule has 14 heavy (non-hydrogen) atoms. The number of hydrogen-bond donors (Lipinski definition) is 0. The summed E-state index contributed by atoms with van der Waals surface area (Å²) >= 11 is 0. The Labute approximate surface area is 86.7 Å². The first-order valence-corrected chi connectivity index (χ1v) is 5.97. The van der Waals surface area contributed by atoms with Crippen LogP contribution in [0.25, 0.3) is 0 Å². The molecule has 4 heteroatoms. The highest BCUT2D eigenvalue weighted by molar-refractivity contribution is 7.82. The molecule has 0 spiro atoms. The Hall–Kier alpha value is -0.740. The molecule has 1 aromatic heterocycles. The Morgan fingerprint density at radius 2 is 2.07 bits per heavy atom. The van der Waals surface area contributed by atoms with Gasteiger partial charge in [0.2, 0.25) is 0 Å². The topological polar surface area (TPSA) is 33.2 Å². The Kier molecular flexibility index (Phi) is 2.93. The summed E-state index contributed by atoms with van der Waals surface area (Å²) in [6.07, 6.45) is 4.03. The van der Waals surface area contributed by atoms with Crippen LogP contribution in [0.1, 0.15) is 18.5 Å². The van der Waals surface area contributed by atoms with E-state index in [1.54, 1.807) is 6.20 Å². The van der Waals surface area contributed by atoms with Gasteiger partial charge in [0.05, 0.1) is 4.90 Å². The van der Waals surface area contributed by atoms with Crippen LogP contribution in [0.3, 0.4) is 0 Å². The van der Waals surface area contributed by atoms with Crippen LogP contribution in [0.15, 0.2) is 23.2 Å². The van der Waals surface area contributed by atoms with Crippen LogP contribution in [0, 0.1) is 6.92 Å². The first kappa shape index (κ1) is 9.80. The molecule has 1 fully saturated rings. The molecule has 0 radical (unpaired) electrons. The number of hydrogen-bond acceptors (Lipinski definition) is 2. The van der Waals surface area contributed by atoms with E-state index in [1.165, 1.54) is 0 Å². The zero-order chi connectivity index (χ0) is 9.97. The van der Waals surface area contributed by atoms with Gasteiger partial charge >= 0.3 is 0 Å². The number of nitrogens with zero attached hydrogens (tertiary/aromatic N) is 2. The van der Waals surface area contributed by atoms with Crippen molar-refractivity contribution in [1.82, 2.24) is 9.29 Å². The molecular weight excluding hydrogens is 196 g/mol. The van der Waals surface area contributed by atoms with Gasteiger partial charge in [-0.25, -0.2) is 8.51 Å². The molecule has 1 saturated heterocycles. The lowest BCUT2D eigenvalue weighted by Gasteiger charge is -2.12. The Balaban J connectivity index is 2.14. The fraction of sp³-hybridized carbons (Fsp3) is 0.500. The van der Waals surface area contributed by atoms with E-state index in [0.29, 0.717) is 0 Å². The predicted molar refractivity (Wildman–Crippen MR) is 56.2 cm³/mol. The Morgan fingerprint density at radius 1 is 1.36 bits per heavy atom. The molecule has 3 nitrogen and oxygen atoms in total. The SMILES string of the molecule is Cc1ccc(S(=O)N2CCCC2)cn1. The van der Waals surface area contributed by atoms with E-state index in [9.17, 15) is 4.21 Å². The van der Waals surface area contributed by atoms with Gasteiger partial charge in [0.15, 0.2) is 0 Å². The first-order chi connectivity index (χ1) is 6.77. The van der Waals surface area contributed by atoms with Crippen LogP contribution in [-0.4, -0.2) is 26.6 Å². The molecule has 1 unspecified atom stereocenters. The molecule has 0 aromatic carbocycles. The molecular formula is C10H14N2OS. The summed E-state index contributed by atoms with van der Waals surface area (Å²) in [7, 11) is -0.996. The van der Waals surface area contributed by atoms with E-state index in [1.807, 2.05) is 23.4 Å². The average molecular weight is 210 g/mol. The van der Waals surface area contributed by atoms with Crippen molar-refractivity contribution in [3.8, 4) is 0 Å². The van der Waals surface area contributed by atoms with Gasteiger partial charge in [0, 0.05) is 25.0 Å². The summed E-state index contributed by atoms with van der Waals surface area (Å²) < 4.78 is 14.0. The number of rotatable bonds is 2. The zero-order valence-electron chi connectivity index (χ0n) is 8.27. The standard InChI is InChI=1S/C10H14N2OS/c1-9-4-5-10(8-11-9)14(13)12-6-2-3-7-12/h4-5,8H,2-3,6-7H2,1H3. The molecule has 1 aromatic rings. The molecule has 0 amide bonds. The number of pyridine rings is 1. The minimum absolute atomic E-state index is 0.817. The van der Waals surface area contributed by atoms with Gasteiger partial charge in [-0.05, 0) is 31.9 Å². The lowest BCUT2D eigenvalue weighted by molar-refractivity contribution is 0.535. The van der Waals surface area contributed by atoms with Gasteiger partial charge < -0.3 is 0 Å². The van der Waals surface area contributed by atoms with Gasteiger partial charge in [-0.2, -0.15) is 0 Å². The Morgan fingerprint density at radius 3 is 2.64 bits per heavy atom. The van der Waals surface area contributed by atoms with Crippen LogP contribution in [0.4, 0.5) is 0 Å². The van der Waals surface area contributed by atoms with Crippen molar-refractivity contribution >= 4 is 11.0 Å². The molecule has 76 valence electrons. The van der Waals surface area contributed by atoms with E-state index in [4.69, 9.17) is 0 Å². The zero-order valence-corrected chi connectivity index (χ0v) is 9.09. The molecule has 0 bridgehead atoms. The minimum Gasteiger partial charge on any atom is -0.260 e. The summed E-state index contributed by atoms with van der Waals surface area (Å²) in [4.78, 5) is 4.97. The lowest BCUT2D eigenvalue weighted by atomic mass is 10.4. The van der Waals surface area contributed by atoms with Crippen LogP contribution < -0.4 is 0 Å². The van der Waals surface area contributed by atoms with Gasteiger partial charge in [0.1, 0.15) is 11.0 Å². The minimum atomic E-state index is -0.996.